The van der Waals surface area contributed by atoms with Crippen LogP contribution in [0.5, 0.6) is 0 Å². The van der Waals surface area contributed by atoms with Gasteiger partial charge in [0.15, 0.2) is 0 Å². The van der Waals surface area contributed by atoms with Crippen LogP contribution in [0.4, 0.5) is 0 Å². The molecule has 3 rings (SSSR count). The van der Waals surface area contributed by atoms with E-state index < -0.39 is 10.8 Å². The molecule has 1 atom stereocenters. The fourth-order valence-corrected chi connectivity index (χ4v) is 4.96. The van der Waals surface area contributed by atoms with E-state index in [0.717, 1.165) is 11.4 Å². The highest BCUT2D eigenvalue weighted by Crippen LogP contribution is 2.25. The lowest BCUT2D eigenvalue weighted by molar-refractivity contribution is 0.684. The summed E-state index contributed by atoms with van der Waals surface area (Å²) in [6, 6.07) is 6.93. The summed E-state index contributed by atoms with van der Waals surface area (Å²) in [5, 5.41) is 6.02. The van der Waals surface area contributed by atoms with Crippen LogP contribution in [-0.4, -0.2) is 35.3 Å². The molecule has 126 valence electrons. The van der Waals surface area contributed by atoms with E-state index in [4.69, 9.17) is 23.2 Å². The van der Waals surface area contributed by atoms with Crippen LogP contribution in [0.1, 0.15) is 11.4 Å². The highest BCUT2D eigenvalue weighted by atomic mass is 35.5. The summed E-state index contributed by atoms with van der Waals surface area (Å²) in [6.45, 7) is 3.88. The standard InChI is InChI=1S/C15H14Cl2N4OS2/c1-9-7-10(2)21-14(18-9)19-15(20-21)23-5-6-24(22)13-8-11(16)3-4-12(13)17/h3-4,7-8H,5-6H2,1-2H3. The Kier molecular flexibility index (Phi) is 5.44. The van der Waals surface area contributed by atoms with Gasteiger partial charge in [0, 0.05) is 27.9 Å². The van der Waals surface area contributed by atoms with Crippen molar-refractivity contribution in [1.29, 1.82) is 0 Å². The SMILES string of the molecule is Cc1cc(C)n2nc(SCCS(=O)c3cc(Cl)ccc3Cl)nc2n1. The number of hydrogen-bond acceptors (Lipinski definition) is 5. The first-order chi connectivity index (χ1) is 11.4. The van der Waals surface area contributed by atoms with Gasteiger partial charge in [-0.15, -0.1) is 5.10 Å². The van der Waals surface area contributed by atoms with Gasteiger partial charge in [-0.2, -0.15) is 4.98 Å². The summed E-state index contributed by atoms with van der Waals surface area (Å²) in [7, 11) is -1.22. The Labute approximate surface area is 156 Å². The van der Waals surface area contributed by atoms with Gasteiger partial charge in [-0.3, -0.25) is 4.21 Å². The van der Waals surface area contributed by atoms with E-state index >= 15 is 0 Å². The van der Waals surface area contributed by atoms with Crippen LogP contribution in [0, 0.1) is 13.8 Å². The first-order valence-corrected chi connectivity index (χ1v) is 10.2. The van der Waals surface area contributed by atoms with Crippen molar-refractivity contribution in [2.45, 2.75) is 23.9 Å². The third-order valence-electron chi connectivity index (χ3n) is 3.24. The number of halogens is 2. The molecular formula is C15H14Cl2N4OS2. The molecule has 2 heterocycles. The lowest BCUT2D eigenvalue weighted by atomic mass is 10.4. The quantitative estimate of drug-likeness (QED) is 0.606. The smallest absolute Gasteiger partial charge is 0.253 e. The minimum absolute atomic E-state index is 0.436. The molecule has 0 amide bonds. The Morgan fingerprint density at radius 1 is 1.21 bits per heavy atom. The highest BCUT2D eigenvalue weighted by molar-refractivity contribution is 8.00. The summed E-state index contributed by atoms with van der Waals surface area (Å²) in [4.78, 5) is 9.30. The number of aryl methyl sites for hydroxylation is 2. The van der Waals surface area contributed by atoms with Crippen molar-refractivity contribution < 1.29 is 4.21 Å². The Balaban J connectivity index is 1.67. The van der Waals surface area contributed by atoms with Gasteiger partial charge in [0.2, 0.25) is 5.16 Å². The van der Waals surface area contributed by atoms with E-state index in [1.54, 1.807) is 22.7 Å². The molecule has 0 radical (unpaired) electrons. The second-order valence-corrected chi connectivity index (χ2v) is 8.56. The molecule has 2 aromatic heterocycles. The molecular weight excluding hydrogens is 387 g/mol. The van der Waals surface area contributed by atoms with Gasteiger partial charge in [0.1, 0.15) is 0 Å². The lowest BCUT2D eigenvalue weighted by Crippen LogP contribution is -2.02. The molecule has 0 bridgehead atoms. The minimum atomic E-state index is -1.22. The third-order valence-corrected chi connectivity index (χ3v) is 6.42. The van der Waals surface area contributed by atoms with E-state index in [0.29, 0.717) is 37.4 Å². The molecule has 0 spiro atoms. The molecule has 1 aromatic carbocycles. The molecule has 24 heavy (non-hydrogen) atoms. The van der Waals surface area contributed by atoms with Gasteiger partial charge in [-0.25, -0.2) is 9.50 Å². The number of thioether (sulfide) groups is 1. The minimum Gasteiger partial charge on any atom is -0.254 e. The largest absolute Gasteiger partial charge is 0.254 e. The lowest BCUT2D eigenvalue weighted by Gasteiger charge is -2.04. The van der Waals surface area contributed by atoms with Crippen molar-refractivity contribution in [3.8, 4) is 0 Å². The maximum absolute atomic E-state index is 12.4. The normalized spacial score (nSPS) is 12.7. The molecule has 0 fully saturated rings. The highest BCUT2D eigenvalue weighted by Gasteiger charge is 2.12. The maximum Gasteiger partial charge on any atom is 0.253 e. The Hall–Kier alpha value is -1.15. The van der Waals surface area contributed by atoms with Crippen molar-refractivity contribution in [2.24, 2.45) is 0 Å². The topological polar surface area (TPSA) is 60.2 Å². The van der Waals surface area contributed by atoms with Gasteiger partial charge in [-0.05, 0) is 38.1 Å². The van der Waals surface area contributed by atoms with E-state index in [1.807, 2.05) is 19.9 Å². The van der Waals surface area contributed by atoms with Gasteiger partial charge >= 0.3 is 0 Å². The van der Waals surface area contributed by atoms with Crippen molar-refractivity contribution in [3.05, 3.63) is 45.7 Å². The number of hydrogen-bond donors (Lipinski definition) is 0. The zero-order chi connectivity index (χ0) is 17.3. The van der Waals surface area contributed by atoms with Crippen LogP contribution < -0.4 is 0 Å². The molecule has 0 saturated carbocycles. The number of rotatable bonds is 5. The summed E-state index contributed by atoms with van der Waals surface area (Å²) >= 11 is 13.5. The zero-order valence-corrected chi connectivity index (χ0v) is 16.1. The van der Waals surface area contributed by atoms with Gasteiger partial charge in [0.25, 0.3) is 5.78 Å². The molecule has 3 aromatic rings. The van der Waals surface area contributed by atoms with Crippen molar-refractivity contribution in [1.82, 2.24) is 19.6 Å². The number of benzene rings is 1. The van der Waals surface area contributed by atoms with E-state index in [2.05, 4.69) is 15.1 Å². The third kappa shape index (κ3) is 3.91. The molecule has 0 N–H and O–H groups in total. The van der Waals surface area contributed by atoms with Crippen molar-refractivity contribution in [2.75, 3.05) is 11.5 Å². The second-order valence-electron chi connectivity index (χ2n) is 5.12. The van der Waals surface area contributed by atoms with Crippen LogP contribution in [-0.2, 0) is 10.8 Å². The summed E-state index contributed by atoms with van der Waals surface area (Å²) < 4.78 is 14.1. The van der Waals surface area contributed by atoms with Crippen LogP contribution in [0.2, 0.25) is 10.0 Å². The molecule has 5 nitrogen and oxygen atoms in total. The fourth-order valence-electron chi connectivity index (χ4n) is 2.18. The summed E-state index contributed by atoms with van der Waals surface area (Å²) in [6.07, 6.45) is 0. The van der Waals surface area contributed by atoms with E-state index in [1.165, 1.54) is 11.8 Å². The maximum atomic E-state index is 12.4. The first-order valence-electron chi connectivity index (χ1n) is 7.11. The average molecular weight is 401 g/mol. The predicted molar refractivity (Wildman–Crippen MR) is 98.7 cm³/mol. The van der Waals surface area contributed by atoms with Gasteiger partial charge < -0.3 is 0 Å². The Morgan fingerprint density at radius 3 is 2.79 bits per heavy atom. The van der Waals surface area contributed by atoms with Crippen LogP contribution >= 0.6 is 35.0 Å². The molecule has 0 aliphatic carbocycles. The number of fused-ring (bicyclic) bond motifs is 1. The summed E-state index contributed by atoms with van der Waals surface area (Å²) in [5.41, 5.74) is 1.88. The molecule has 0 aliphatic rings. The predicted octanol–water partition coefficient (Wildman–Crippen LogP) is 3.95. The average Bonchev–Trinajstić information content (AvgIpc) is 2.92. The van der Waals surface area contributed by atoms with Crippen molar-refractivity contribution in [3.63, 3.8) is 0 Å². The summed E-state index contributed by atoms with van der Waals surface area (Å²) in [5.74, 6) is 1.62. The fraction of sp³-hybridized carbons (Fsp3) is 0.267. The molecule has 1 unspecified atom stereocenters. The number of nitrogens with zero attached hydrogens (tertiary/aromatic N) is 4. The second kappa shape index (κ2) is 7.39. The van der Waals surface area contributed by atoms with E-state index in [-0.39, 0.29) is 0 Å². The van der Waals surface area contributed by atoms with Crippen molar-refractivity contribution >= 4 is 51.5 Å². The molecule has 9 heteroatoms. The molecule has 0 aliphatic heterocycles. The van der Waals surface area contributed by atoms with Gasteiger partial charge in [0.05, 0.1) is 20.7 Å². The Bertz CT molecular complexity index is 929. The monoisotopic (exact) mass is 400 g/mol. The van der Waals surface area contributed by atoms with Crippen LogP contribution in [0.15, 0.2) is 34.3 Å². The number of aromatic nitrogens is 4. The van der Waals surface area contributed by atoms with Crippen LogP contribution in [0.25, 0.3) is 5.78 Å². The first kappa shape index (κ1) is 17.7. The van der Waals surface area contributed by atoms with E-state index in [9.17, 15) is 4.21 Å². The van der Waals surface area contributed by atoms with Crippen LogP contribution in [0.3, 0.4) is 0 Å². The van der Waals surface area contributed by atoms with Gasteiger partial charge in [-0.1, -0.05) is 35.0 Å². The zero-order valence-electron chi connectivity index (χ0n) is 13.0. The Morgan fingerprint density at radius 2 is 2.00 bits per heavy atom. The molecule has 0 saturated heterocycles.